The summed E-state index contributed by atoms with van der Waals surface area (Å²) in [6, 6.07) is 0. The summed E-state index contributed by atoms with van der Waals surface area (Å²) in [5.74, 6) is 3.87. The summed E-state index contributed by atoms with van der Waals surface area (Å²) in [4.78, 5) is 0. The van der Waals surface area contributed by atoms with E-state index in [9.17, 15) is 5.11 Å². The molecule has 8 atom stereocenters. The van der Waals surface area contributed by atoms with E-state index in [4.69, 9.17) is 0 Å². The molecule has 21 heavy (non-hydrogen) atoms. The zero-order valence-corrected chi connectivity index (χ0v) is 14.3. The number of fused-ring (bicyclic) bond motifs is 1. The van der Waals surface area contributed by atoms with Crippen molar-refractivity contribution in [1.29, 1.82) is 0 Å². The van der Waals surface area contributed by atoms with Gasteiger partial charge in [0.25, 0.3) is 0 Å². The van der Waals surface area contributed by atoms with Crippen LogP contribution in [-0.2, 0) is 0 Å². The van der Waals surface area contributed by atoms with Crippen molar-refractivity contribution in [3.63, 3.8) is 0 Å². The molecule has 118 valence electrons. The minimum absolute atomic E-state index is 0.0754. The number of aliphatic hydroxyl groups is 1. The lowest BCUT2D eigenvalue weighted by atomic mass is 9.39. The highest BCUT2D eigenvalue weighted by Gasteiger charge is 2.78. The molecule has 6 rings (SSSR count). The fraction of sp³-hybridized carbons (Fsp3) is 1.00. The Hall–Kier alpha value is -0.0400. The molecule has 1 unspecified atom stereocenters. The summed E-state index contributed by atoms with van der Waals surface area (Å²) in [7, 11) is 0. The predicted octanol–water partition coefficient (Wildman–Crippen LogP) is 4.64. The Labute approximate surface area is 129 Å². The molecule has 6 aliphatic carbocycles. The maximum Gasteiger partial charge on any atom is 0.0594 e. The summed E-state index contributed by atoms with van der Waals surface area (Å²) in [6.45, 7) is 9.92. The van der Waals surface area contributed by atoms with Crippen molar-refractivity contribution < 1.29 is 5.11 Å². The van der Waals surface area contributed by atoms with Crippen molar-refractivity contribution >= 4 is 0 Å². The van der Waals surface area contributed by atoms with Gasteiger partial charge in [-0.25, -0.2) is 0 Å². The molecule has 1 heteroatoms. The average molecular weight is 288 g/mol. The van der Waals surface area contributed by atoms with Crippen molar-refractivity contribution in [2.24, 2.45) is 45.3 Å². The Bertz CT molecular complexity index is 510. The van der Waals surface area contributed by atoms with Crippen LogP contribution in [-0.4, -0.2) is 11.2 Å². The summed E-state index contributed by atoms with van der Waals surface area (Å²) < 4.78 is 0. The maximum absolute atomic E-state index is 10.6. The molecule has 0 radical (unpaired) electrons. The van der Waals surface area contributed by atoms with E-state index in [0.29, 0.717) is 10.8 Å². The lowest BCUT2D eigenvalue weighted by molar-refractivity contribution is -0.190. The van der Waals surface area contributed by atoms with E-state index >= 15 is 0 Å². The minimum Gasteiger partial charge on any atom is -0.393 e. The standard InChI is InChI=1S/C20H32O/c1-17(2)14-5-8-20-10-13-12(19(13,4)11-20)9-15(20)18(14,3)7-6-16(17)21/h12-16,21H,5-11H2,1-4H3/t12-,13+,14?,15+,16-,18-,19+,20+/m1/s1. The molecule has 6 aliphatic rings. The molecule has 0 saturated heterocycles. The first-order chi connectivity index (χ1) is 9.74. The molecular formula is C20H32O. The second-order valence-corrected chi connectivity index (χ2v) is 10.7. The molecule has 0 aromatic heterocycles. The molecular weight excluding hydrogens is 256 g/mol. The van der Waals surface area contributed by atoms with E-state index in [1.165, 1.54) is 25.7 Å². The average Bonchev–Trinajstić information content (AvgIpc) is 2.86. The summed E-state index contributed by atoms with van der Waals surface area (Å²) in [6.07, 6.45) is 9.72. The molecule has 6 fully saturated rings. The SMILES string of the molecule is CC1(C)C2CC[C@@]34C[C@H]5[C@@H](C[C@H]3[C@]2(C)CC[C@H]1O)[C@]5(C)C4. The molecule has 4 bridgehead atoms. The summed E-state index contributed by atoms with van der Waals surface area (Å²) in [5.41, 5.74) is 2.10. The molecule has 0 aromatic carbocycles. The van der Waals surface area contributed by atoms with Crippen LogP contribution in [0, 0.1) is 45.3 Å². The van der Waals surface area contributed by atoms with E-state index < -0.39 is 0 Å². The van der Waals surface area contributed by atoms with Crippen LogP contribution in [0.3, 0.4) is 0 Å². The molecule has 1 nitrogen and oxygen atoms in total. The van der Waals surface area contributed by atoms with Gasteiger partial charge in [0, 0.05) is 0 Å². The highest BCUT2D eigenvalue weighted by molar-refractivity contribution is 5.27. The monoisotopic (exact) mass is 288 g/mol. The van der Waals surface area contributed by atoms with Crippen molar-refractivity contribution in [1.82, 2.24) is 0 Å². The quantitative estimate of drug-likeness (QED) is 0.688. The Balaban J connectivity index is 1.56. The van der Waals surface area contributed by atoms with E-state index in [2.05, 4.69) is 27.7 Å². The van der Waals surface area contributed by atoms with Gasteiger partial charge in [0.2, 0.25) is 0 Å². The number of hydrogen-bond donors (Lipinski definition) is 1. The van der Waals surface area contributed by atoms with Crippen LogP contribution in [0.4, 0.5) is 0 Å². The normalized spacial score (nSPS) is 66.4. The number of rotatable bonds is 0. The Morgan fingerprint density at radius 3 is 2.29 bits per heavy atom. The topological polar surface area (TPSA) is 20.2 Å². The lowest BCUT2D eigenvalue weighted by Crippen LogP contribution is -2.60. The van der Waals surface area contributed by atoms with Gasteiger partial charge in [-0.2, -0.15) is 0 Å². The zero-order chi connectivity index (χ0) is 14.8. The fourth-order valence-electron chi connectivity index (χ4n) is 8.83. The molecule has 0 heterocycles. The second kappa shape index (κ2) is 3.40. The third-order valence-electron chi connectivity index (χ3n) is 9.90. The van der Waals surface area contributed by atoms with Crippen LogP contribution in [0.1, 0.15) is 72.6 Å². The predicted molar refractivity (Wildman–Crippen MR) is 84.7 cm³/mol. The largest absolute Gasteiger partial charge is 0.393 e. The summed E-state index contributed by atoms with van der Waals surface area (Å²) >= 11 is 0. The van der Waals surface area contributed by atoms with Crippen LogP contribution in [0.5, 0.6) is 0 Å². The molecule has 0 aliphatic heterocycles. The first-order valence-corrected chi connectivity index (χ1v) is 9.42. The number of hydrogen-bond acceptors (Lipinski definition) is 1. The highest BCUT2D eigenvalue weighted by atomic mass is 16.3. The first kappa shape index (κ1) is 13.4. The van der Waals surface area contributed by atoms with Crippen molar-refractivity contribution in [2.75, 3.05) is 0 Å². The molecule has 1 spiro atoms. The van der Waals surface area contributed by atoms with Crippen molar-refractivity contribution in [2.45, 2.75) is 78.7 Å². The minimum atomic E-state index is -0.0754. The van der Waals surface area contributed by atoms with Gasteiger partial charge in [0.1, 0.15) is 0 Å². The van der Waals surface area contributed by atoms with E-state index in [0.717, 1.165) is 35.5 Å². The van der Waals surface area contributed by atoms with Gasteiger partial charge in [-0.3, -0.25) is 0 Å². The molecule has 6 saturated carbocycles. The van der Waals surface area contributed by atoms with Crippen LogP contribution in [0.2, 0.25) is 0 Å². The van der Waals surface area contributed by atoms with Crippen LogP contribution in [0.15, 0.2) is 0 Å². The van der Waals surface area contributed by atoms with Gasteiger partial charge >= 0.3 is 0 Å². The van der Waals surface area contributed by atoms with E-state index in [1.807, 2.05) is 0 Å². The van der Waals surface area contributed by atoms with Crippen LogP contribution < -0.4 is 0 Å². The Morgan fingerprint density at radius 2 is 1.62 bits per heavy atom. The van der Waals surface area contributed by atoms with Gasteiger partial charge < -0.3 is 5.11 Å². The highest BCUT2D eigenvalue weighted by Crippen LogP contribution is 2.85. The number of aliphatic hydroxyl groups excluding tert-OH is 1. The van der Waals surface area contributed by atoms with Gasteiger partial charge in [-0.05, 0) is 90.3 Å². The van der Waals surface area contributed by atoms with Gasteiger partial charge in [-0.15, -0.1) is 0 Å². The van der Waals surface area contributed by atoms with E-state index in [1.54, 1.807) is 12.8 Å². The molecule has 0 aromatic rings. The smallest absolute Gasteiger partial charge is 0.0594 e. The third kappa shape index (κ3) is 1.28. The zero-order valence-electron chi connectivity index (χ0n) is 14.3. The molecule has 0 amide bonds. The van der Waals surface area contributed by atoms with Crippen molar-refractivity contribution in [3.05, 3.63) is 0 Å². The van der Waals surface area contributed by atoms with Crippen molar-refractivity contribution in [3.8, 4) is 0 Å². The van der Waals surface area contributed by atoms with E-state index in [-0.39, 0.29) is 11.5 Å². The van der Waals surface area contributed by atoms with Gasteiger partial charge in [0.05, 0.1) is 6.10 Å². The Kier molecular flexibility index (Phi) is 2.17. The third-order valence-corrected chi connectivity index (χ3v) is 9.90. The Morgan fingerprint density at radius 1 is 0.857 bits per heavy atom. The van der Waals surface area contributed by atoms with Gasteiger partial charge in [-0.1, -0.05) is 27.7 Å². The molecule has 1 N–H and O–H groups in total. The van der Waals surface area contributed by atoms with Crippen LogP contribution >= 0.6 is 0 Å². The van der Waals surface area contributed by atoms with Crippen LogP contribution in [0.25, 0.3) is 0 Å². The fourth-order valence-corrected chi connectivity index (χ4v) is 8.83. The lowest BCUT2D eigenvalue weighted by Gasteiger charge is -2.66. The maximum atomic E-state index is 10.6. The first-order valence-electron chi connectivity index (χ1n) is 9.42. The second-order valence-electron chi connectivity index (χ2n) is 10.7. The summed E-state index contributed by atoms with van der Waals surface area (Å²) in [5, 5.41) is 10.6. The van der Waals surface area contributed by atoms with Gasteiger partial charge in [0.15, 0.2) is 0 Å².